The minimum absolute atomic E-state index is 0.0641. The number of methoxy groups -OCH3 is 1. The van der Waals surface area contributed by atoms with Crippen molar-refractivity contribution in [1.29, 1.82) is 0 Å². The highest BCUT2D eigenvalue weighted by Gasteiger charge is 2.26. The molecular formula is C31H60N6O4P2. The van der Waals surface area contributed by atoms with Gasteiger partial charge in [-0.3, -0.25) is 14.9 Å². The van der Waals surface area contributed by atoms with Crippen LogP contribution in [0, 0.1) is 18.8 Å². The number of carbonyl (C=O) groups is 1. The summed E-state index contributed by atoms with van der Waals surface area (Å²) in [6, 6.07) is -0.570. The molecule has 0 saturated heterocycles. The molecule has 1 rings (SSSR count). The van der Waals surface area contributed by atoms with Crippen LogP contribution >= 0.6 is 15.6 Å². The molecule has 0 aliphatic rings. The highest BCUT2D eigenvalue weighted by molar-refractivity contribution is 8.26. The Labute approximate surface area is 263 Å². The predicted molar refractivity (Wildman–Crippen MR) is 185 cm³/mol. The van der Waals surface area contributed by atoms with Crippen LogP contribution in [0.3, 0.4) is 0 Å². The van der Waals surface area contributed by atoms with Crippen LogP contribution in [-0.2, 0) is 14.1 Å². The Hall–Kier alpha value is -1.44. The van der Waals surface area contributed by atoms with Crippen molar-refractivity contribution in [3.05, 3.63) is 5.69 Å². The van der Waals surface area contributed by atoms with E-state index >= 15 is 0 Å². The number of carboxylic acid groups (broad SMARTS) is 1. The molecule has 0 spiro atoms. The lowest BCUT2D eigenvalue weighted by Crippen LogP contribution is -2.34. The van der Waals surface area contributed by atoms with Crippen molar-refractivity contribution in [2.24, 2.45) is 16.8 Å². The maximum absolute atomic E-state index is 12.0. The second-order valence-electron chi connectivity index (χ2n) is 11.7. The molecule has 1 heterocycles. The number of nitrogens with two attached hydrogens (primary N) is 1. The van der Waals surface area contributed by atoms with Gasteiger partial charge < -0.3 is 25.4 Å². The molecule has 5 unspecified atom stereocenters. The number of aryl methyl sites for hydroxylation is 1. The van der Waals surface area contributed by atoms with E-state index in [1.54, 1.807) is 14.2 Å². The maximum atomic E-state index is 12.0. The van der Waals surface area contributed by atoms with E-state index in [9.17, 15) is 9.90 Å². The van der Waals surface area contributed by atoms with Crippen LogP contribution in [0.25, 0.3) is 0 Å². The number of nitrogens with one attached hydrogen (secondary N) is 2. The summed E-state index contributed by atoms with van der Waals surface area (Å²) >= 11 is 0. The summed E-state index contributed by atoms with van der Waals surface area (Å²) < 4.78 is 12.2. The molecule has 1 aromatic rings. The number of rotatable bonds is 25. The quantitative estimate of drug-likeness (QED) is 0.0472. The topological polar surface area (TPSA) is 144 Å². The number of ether oxygens (including phenoxy) is 1. The van der Waals surface area contributed by atoms with E-state index in [-0.39, 0.29) is 12.1 Å². The Morgan fingerprint density at radius 2 is 1.74 bits per heavy atom. The Kier molecular flexibility index (Phi) is 21.2. The van der Waals surface area contributed by atoms with Crippen molar-refractivity contribution < 1.29 is 19.2 Å². The molecule has 248 valence electrons. The molecule has 43 heavy (non-hydrogen) atoms. The molecule has 0 bridgehead atoms. The van der Waals surface area contributed by atoms with Gasteiger partial charge in [0.05, 0.1) is 18.4 Å². The first kappa shape index (κ1) is 39.6. The monoisotopic (exact) mass is 642 g/mol. The van der Waals surface area contributed by atoms with Gasteiger partial charge in [-0.15, -0.1) is 0 Å². The average molecular weight is 643 g/mol. The van der Waals surface area contributed by atoms with Crippen molar-refractivity contribution in [1.82, 2.24) is 15.1 Å². The number of anilines is 2. The van der Waals surface area contributed by atoms with Crippen LogP contribution in [0.5, 0.6) is 0 Å². The summed E-state index contributed by atoms with van der Waals surface area (Å²) in [7, 11) is 1.99. The third-order valence-electron chi connectivity index (χ3n) is 7.61. The van der Waals surface area contributed by atoms with Gasteiger partial charge in [-0.25, -0.2) is 4.98 Å². The van der Waals surface area contributed by atoms with E-state index in [0.29, 0.717) is 36.4 Å². The third-order valence-corrected chi connectivity index (χ3v) is 12.1. The fraction of sp³-hybridized carbons (Fsp3) is 0.806. The number of hydrogen-bond donors (Lipinski definition) is 4. The standard InChI is InChI=1S/C31H60N6O4P2/c1-9-11-12-13-14-15-16-17-18-27(30(38)39)37-43(42(7)8)41-22-26(40-6)20-23(3)19-25(10-2)21-34-28-24(4)35-31(32)36-29(28)33-5/h21,23,25-27,37H,9-20,22H2,1-8H3,(H,38,39)(H3,32,33,35,36). The van der Waals surface area contributed by atoms with Gasteiger partial charge in [0.15, 0.2) is 5.82 Å². The normalized spacial score (nSPS) is 15.5. The summed E-state index contributed by atoms with van der Waals surface area (Å²) in [5.41, 5.74) is 7.24. The van der Waals surface area contributed by atoms with Crippen LogP contribution in [0.15, 0.2) is 4.99 Å². The molecule has 1 aromatic heterocycles. The summed E-state index contributed by atoms with van der Waals surface area (Å²) in [6.07, 6.45) is 14.9. The van der Waals surface area contributed by atoms with E-state index in [0.717, 1.165) is 37.8 Å². The number of nitrogen functional groups attached to an aromatic ring is 1. The van der Waals surface area contributed by atoms with E-state index in [2.05, 4.69) is 54.5 Å². The lowest BCUT2D eigenvalue weighted by atomic mass is 9.91. The van der Waals surface area contributed by atoms with Gasteiger partial charge >= 0.3 is 5.97 Å². The SMILES string of the molecule is CCCCCCCCCCC(NP(OCC(CC(C)CC(C=Nc1c(C)nc(N)nc1NC)CC)OC)P(C)C)C(=O)O. The second kappa shape index (κ2) is 23.0. The van der Waals surface area contributed by atoms with E-state index in [1.807, 2.05) is 13.1 Å². The number of nitrogens with zero attached hydrogens (tertiary/aromatic N) is 3. The lowest BCUT2D eigenvalue weighted by Gasteiger charge is -2.28. The molecule has 5 N–H and O–H groups in total. The van der Waals surface area contributed by atoms with Gasteiger partial charge in [-0.1, -0.05) is 72.1 Å². The Bertz CT molecular complexity index is 940. The first-order chi connectivity index (χ1) is 20.6. The molecule has 0 amide bonds. The molecule has 5 atom stereocenters. The van der Waals surface area contributed by atoms with Crippen molar-refractivity contribution in [2.45, 2.75) is 117 Å². The van der Waals surface area contributed by atoms with Crippen LogP contribution in [0.4, 0.5) is 17.5 Å². The fourth-order valence-corrected chi connectivity index (χ4v) is 8.36. The molecule has 0 aromatic carbocycles. The molecule has 0 fully saturated rings. The van der Waals surface area contributed by atoms with Gasteiger partial charge in [-0.05, 0) is 65.4 Å². The van der Waals surface area contributed by atoms with Crippen LogP contribution in [0.2, 0.25) is 0 Å². The first-order valence-corrected chi connectivity index (χ1v) is 20.2. The van der Waals surface area contributed by atoms with Gasteiger partial charge in [0, 0.05) is 20.4 Å². The molecule has 0 aliphatic carbocycles. The van der Waals surface area contributed by atoms with Crippen molar-refractivity contribution >= 4 is 45.2 Å². The van der Waals surface area contributed by atoms with Crippen molar-refractivity contribution in [2.75, 3.05) is 45.1 Å². The van der Waals surface area contributed by atoms with Crippen LogP contribution < -0.4 is 16.1 Å². The highest BCUT2D eigenvalue weighted by atomic mass is 32.1. The zero-order valence-electron chi connectivity index (χ0n) is 28.1. The fourth-order valence-electron chi connectivity index (χ4n) is 5.01. The zero-order valence-corrected chi connectivity index (χ0v) is 29.9. The maximum Gasteiger partial charge on any atom is 0.321 e. The Morgan fingerprint density at radius 3 is 2.30 bits per heavy atom. The van der Waals surface area contributed by atoms with Crippen LogP contribution in [0.1, 0.15) is 104 Å². The lowest BCUT2D eigenvalue weighted by molar-refractivity contribution is -0.139. The molecule has 10 nitrogen and oxygen atoms in total. The van der Waals surface area contributed by atoms with Gasteiger partial charge in [-0.2, -0.15) is 4.98 Å². The van der Waals surface area contributed by atoms with E-state index < -0.39 is 27.6 Å². The summed E-state index contributed by atoms with van der Waals surface area (Å²) in [6.45, 7) is 13.3. The molecular weight excluding hydrogens is 582 g/mol. The Balaban J connectivity index is 2.63. The first-order valence-electron chi connectivity index (χ1n) is 16.0. The minimum atomic E-state index is -1.04. The van der Waals surface area contributed by atoms with E-state index in [4.69, 9.17) is 20.0 Å². The molecule has 12 heteroatoms. The number of unbranched alkanes of at least 4 members (excludes halogenated alkanes) is 7. The van der Waals surface area contributed by atoms with Crippen LogP contribution in [-0.4, -0.2) is 73.5 Å². The summed E-state index contributed by atoms with van der Waals surface area (Å²) in [4.78, 5) is 25.3. The minimum Gasteiger partial charge on any atom is -0.480 e. The predicted octanol–water partition coefficient (Wildman–Crippen LogP) is 8.13. The van der Waals surface area contributed by atoms with E-state index in [1.165, 1.54) is 38.5 Å². The largest absolute Gasteiger partial charge is 0.480 e. The van der Waals surface area contributed by atoms with Crippen molar-refractivity contribution in [3.8, 4) is 0 Å². The molecule has 0 saturated carbocycles. The molecule has 0 radical (unpaired) electrons. The molecule has 0 aliphatic heterocycles. The third kappa shape index (κ3) is 16.4. The second-order valence-corrected chi connectivity index (χ2v) is 17.9. The van der Waals surface area contributed by atoms with Gasteiger partial charge in [0.2, 0.25) is 5.95 Å². The highest BCUT2D eigenvalue weighted by Crippen LogP contribution is 2.62. The Morgan fingerprint density at radius 1 is 1.09 bits per heavy atom. The number of carboxylic acids is 1. The van der Waals surface area contributed by atoms with Crippen molar-refractivity contribution in [3.63, 3.8) is 0 Å². The smallest absolute Gasteiger partial charge is 0.321 e. The average Bonchev–Trinajstić information content (AvgIpc) is 2.96. The zero-order chi connectivity index (χ0) is 32.2. The van der Waals surface area contributed by atoms with Gasteiger partial charge in [0.1, 0.15) is 19.7 Å². The summed E-state index contributed by atoms with van der Waals surface area (Å²) in [5.74, 6) is 0.743. The number of aromatic nitrogens is 2. The number of aliphatic imine (C=N–C) groups is 1. The number of hydrogen-bond acceptors (Lipinski definition) is 9. The number of aliphatic carboxylic acids is 1. The summed E-state index contributed by atoms with van der Waals surface area (Å²) in [5, 5.41) is 16.3. The van der Waals surface area contributed by atoms with Gasteiger partial charge in [0.25, 0.3) is 0 Å².